The molecule has 6 heteroatoms. The first-order valence-corrected chi connectivity index (χ1v) is 9.13. The third kappa shape index (κ3) is 3.77. The van der Waals surface area contributed by atoms with Crippen molar-refractivity contribution in [2.45, 2.75) is 19.4 Å². The van der Waals surface area contributed by atoms with Gasteiger partial charge in [-0.1, -0.05) is 0 Å². The fourth-order valence-corrected chi connectivity index (χ4v) is 5.37. The Morgan fingerprint density at radius 1 is 1.65 bits per heavy atom. The van der Waals surface area contributed by atoms with E-state index in [1.54, 1.807) is 11.3 Å². The van der Waals surface area contributed by atoms with Crippen LogP contribution in [0.15, 0.2) is 15.9 Å². The van der Waals surface area contributed by atoms with Gasteiger partial charge in [0, 0.05) is 20.8 Å². The Balaban J connectivity index is 1.83. The fourth-order valence-electron chi connectivity index (χ4n) is 2.03. The van der Waals surface area contributed by atoms with Crippen LogP contribution < -0.4 is 5.32 Å². The zero-order chi connectivity index (χ0) is 12.5. The highest BCUT2D eigenvalue weighted by molar-refractivity contribution is 9.10. The maximum atomic E-state index is 11.3. The Hall–Kier alpha value is 0.0900. The summed E-state index contributed by atoms with van der Waals surface area (Å²) in [6, 6.07) is 2.39. The third-order valence-corrected chi connectivity index (χ3v) is 6.77. The second kappa shape index (κ2) is 5.38. The highest BCUT2D eigenvalue weighted by Gasteiger charge is 2.27. The number of hydrogen-bond donors (Lipinski definition) is 1. The summed E-state index contributed by atoms with van der Waals surface area (Å²) in [5.74, 6) is 0.991. The summed E-state index contributed by atoms with van der Waals surface area (Å²) < 4.78 is 23.8. The molecule has 0 saturated carbocycles. The number of nitrogens with one attached hydrogen (secondary N) is 1. The molecule has 0 aliphatic carbocycles. The van der Waals surface area contributed by atoms with Crippen molar-refractivity contribution in [3.8, 4) is 0 Å². The van der Waals surface area contributed by atoms with Gasteiger partial charge in [-0.05, 0) is 47.8 Å². The van der Waals surface area contributed by atoms with Crippen LogP contribution in [0.3, 0.4) is 0 Å². The quantitative estimate of drug-likeness (QED) is 0.918. The van der Waals surface area contributed by atoms with E-state index in [-0.39, 0.29) is 12.0 Å². The second-order valence-electron chi connectivity index (χ2n) is 4.57. The van der Waals surface area contributed by atoms with E-state index in [0.29, 0.717) is 11.5 Å². The van der Waals surface area contributed by atoms with Crippen LogP contribution in [0.4, 0.5) is 0 Å². The van der Waals surface area contributed by atoms with Gasteiger partial charge in [0.2, 0.25) is 0 Å². The van der Waals surface area contributed by atoms with Gasteiger partial charge in [-0.15, -0.1) is 11.3 Å². The van der Waals surface area contributed by atoms with Gasteiger partial charge in [0.25, 0.3) is 0 Å². The van der Waals surface area contributed by atoms with Gasteiger partial charge in [0.1, 0.15) is 0 Å². The van der Waals surface area contributed by atoms with Crippen LogP contribution in [-0.4, -0.2) is 26.5 Å². The summed E-state index contributed by atoms with van der Waals surface area (Å²) in [6.07, 6.45) is 0.802. The van der Waals surface area contributed by atoms with Crippen molar-refractivity contribution in [3.63, 3.8) is 0 Å². The molecule has 0 amide bonds. The molecule has 0 radical (unpaired) electrons. The molecule has 2 atom stereocenters. The first-order valence-electron chi connectivity index (χ1n) is 5.64. The standard InChI is InChI=1S/C11H16BrNO2S2/c1-8(11-4-10(12)6-16-11)13-5-9-2-3-17(14,15)7-9/h4,6,8-9,13H,2-3,5,7H2,1H3. The summed E-state index contributed by atoms with van der Waals surface area (Å²) in [7, 11) is -2.75. The maximum absolute atomic E-state index is 11.3. The van der Waals surface area contributed by atoms with E-state index >= 15 is 0 Å². The third-order valence-electron chi connectivity index (χ3n) is 3.05. The van der Waals surface area contributed by atoms with Crippen molar-refractivity contribution in [1.82, 2.24) is 5.32 Å². The van der Waals surface area contributed by atoms with Crippen LogP contribution in [0, 0.1) is 5.92 Å². The minimum atomic E-state index is -2.75. The Labute approximate surface area is 115 Å². The molecule has 17 heavy (non-hydrogen) atoms. The lowest BCUT2D eigenvalue weighted by Crippen LogP contribution is -2.26. The second-order valence-corrected chi connectivity index (χ2v) is 8.65. The van der Waals surface area contributed by atoms with Crippen LogP contribution in [-0.2, 0) is 9.84 Å². The predicted octanol–water partition coefficient (Wildman–Crippen LogP) is 2.60. The lowest BCUT2D eigenvalue weighted by molar-refractivity contribution is 0.479. The SMILES string of the molecule is CC(NCC1CCS(=O)(=O)C1)c1cc(Br)cs1. The minimum Gasteiger partial charge on any atom is -0.309 e. The average Bonchev–Trinajstić information content (AvgIpc) is 2.81. The number of thiophene rings is 1. The molecule has 0 bridgehead atoms. The smallest absolute Gasteiger partial charge is 0.150 e. The van der Waals surface area contributed by atoms with Gasteiger partial charge >= 0.3 is 0 Å². The monoisotopic (exact) mass is 337 g/mol. The predicted molar refractivity (Wildman–Crippen MR) is 75.2 cm³/mol. The molecule has 0 aromatic carbocycles. The Morgan fingerprint density at radius 2 is 2.41 bits per heavy atom. The molecule has 2 heterocycles. The van der Waals surface area contributed by atoms with Crippen molar-refractivity contribution in [1.29, 1.82) is 0 Å². The molecular weight excluding hydrogens is 322 g/mol. The number of sulfone groups is 1. The molecule has 0 spiro atoms. The Kier molecular flexibility index (Phi) is 4.28. The summed E-state index contributed by atoms with van der Waals surface area (Å²) in [4.78, 5) is 1.28. The molecule has 1 aliphatic rings. The molecule has 1 aromatic heterocycles. The van der Waals surface area contributed by atoms with Gasteiger partial charge in [0.15, 0.2) is 9.84 Å². The van der Waals surface area contributed by atoms with Gasteiger partial charge in [-0.2, -0.15) is 0 Å². The van der Waals surface area contributed by atoms with Crippen molar-refractivity contribution >= 4 is 37.1 Å². The van der Waals surface area contributed by atoms with Crippen LogP contribution in [0.1, 0.15) is 24.3 Å². The zero-order valence-corrected chi connectivity index (χ0v) is 12.9. The molecular formula is C11H16BrNO2S2. The van der Waals surface area contributed by atoms with Crippen LogP contribution >= 0.6 is 27.3 Å². The van der Waals surface area contributed by atoms with E-state index < -0.39 is 9.84 Å². The van der Waals surface area contributed by atoms with Gasteiger partial charge in [-0.3, -0.25) is 0 Å². The molecule has 1 fully saturated rings. The van der Waals surface area contributed by atoms with E-state index in [4.69, 9.17) is 0 Å². The highest BCUT2D eigenvalue weighted by Crippen LogP contribution is 2.26. The number of rotatable bonds is 4. The zero-order valence-electron chi connectivity index (χ0n) is 9.65. The minimum absolute atomic E-state index is 0.283. The molecule has 96 valence electrons. The number of hydrogen-bond acceptors (Lipinski definition) is 4. The van der Waals surface area contributed by atoms with Crippen LogP contribution in [0.5, 0.6) is 0 Å². The molecule has 1 aliphatic heterocycles. The summed E-state index contributed by atoms with van der Waals surface area (Å²) in [5.41, 5.74) is 0. The highest BCUT2D eigenvalue weighted by atomic mass is 79.9. The first kappa shape index (κ1) is 13.5. The van der Waals surface area contributed by atoms with Gasteiger partial charge in [0.05, 0.1) is 11.5 Å². The maximum Gasteiger partial charge on any atom is 0.150 e. The summed E-state index contributed by atoms with van der Waals surface area (Å²) >= 11 is 5.15. The lowest BCUT2D eigenvalue weighted by Gasteiger charge is -2.15. The number of halogens is 1. The Bertz CT molecular complexity index is 483. The molecule has 1 aromatic rings. The van der Waals surface area contributed by atoms with Crippen molar-refractivity contribution in [2.75, 3.05) is 18.1 Å². The van der Waals surface area contributed by atoms with E-state index in [2.05, 4.69) is 39.6 Å². The van der Waals surface area contributed by atoms with Gasteiger partial charge in [-0.25, -0.2) is 8.42 Å². The van der Waals surface area contributed by atoms with Crippen molar-refractivity contribution < 1.29 is 8.42 Å². The molecule has 3 nitrogen and oxygen atoms in total. The molecule has 1 N–H and O–H groups in total. The normalized spacial score (nSPS) is 24.9. The van der Waals surface area contributed by atoms with Crippen molar-refractivity contribution in [2.24, 2.45) is 5.92 Å². The van der Waals surface area contributed by atoms with Gasteiger partial charge < -0.3 is 5.32 Å². The van der Waals surface area contributed by atoms with Crippen molar-refractivity contribution in [3.05, 3.63) is 20.8 Å². The fraction of sp³-hybridized carbons (Fsp3) is 0.636. The largest absolute Gasteiger partial charge is 0.309 e. The van der Waals surface area contributed by atoms with E-state index in [0.717, 1.165) is 17.4 Å². The van der Waals surface area contributed by atoms with Crippen LogP contribution in [0.25, 0.3) is 0 Å². The summed E-state index contributed by atoms with van der Waals surface area (Å²) in [6.45, 7) is 2.90. The van der Waals surface area contributed by atoms with Crippen LogP contribution in [0.2, 0.25) is 0 Å². The van der Waals surface area contributed by atoms with E-state index in [1.807, 2.05) is 0 Å². The Morgan fingerprint density at radius 3 is 2.94 bits per heavy atom. The van der Waals surface area contributed by atoms with E-state index in [9.17, 15) is 8.42 Å². The first-order chi connectivity index (χ1) is 7.96. The average molecular weight is 338 g/mol. The summed E-state index contributed by atoms with van der Waals surface area (Å²) in [5, 5.41) is 5.48. The molecule has 2 unspecified atom stereocenters. The van der Waals surface area contributed by atoms with E-state index in [1.165, 1.54) is 4.88 Å². The molecule has 1 saturated heterocycles. The lowest BCUT2D eigenvalue weighted by atomic mass is 10.1. The topological polar surface area (TPSA) is 46.2 Å². The molecule has 2 rings (SSSR count).